The molecule has 2 nitrogen and oxygen atoms in total. The van der Waals surface area contributed by atoms with Crippen LogP contribution < -0.4 is 24.8 Å². The summed E-state index contributed by atoms with van der Waals surface area (Å²) in [6.07, 6.45) is 8.66. The van der Waals surface area contributed by atoms with E-state index in [1.54, 1.807) is 0 Å². The van der Waals surface area contributed by atoms with E-state index in [9.17, 15) is 0 Å². The zero-order valence-corrected chi connectivity index (χ0v) is 38.6. The average molecular weight is 933 g/mol. The summed E-state index contributed by atoms with van der Waals surface area (Å²) in [4.78, 5) is 0. The van der Waals surface area contributed by atoms with Crippen LogP contribution >= 0.6 is 0 Å². The Bertz CT molecular complexity index is 580. The van der Waals surface area contributed by atoms with Gasteiger partial charge in [-0.1, -0.05) is 120 Å². The van der Waals surface area contributed by atoms with E-state index < -0.39 is 0 Å². The van der Waals surface area contributed by atoms with Crippen LogP contribution in [-0.2, 0) is 51.7 Å². The normalized spacial score (nSPS) is 17.7. The SMILES string of the molecule is CC1=[C-]C(C)C(C)=C1C.CC1=[C-]C(C)C(C)=C1C.CCC(C)[NH-].CCC(C)[NH-].C[SiH]C.C[SiH]C.[Cl-].[Cl-].[Hf].[Hf]. The number of nitrogens with one attached hydrogen (secondary N) is 2. The molecule has 2 N–H and O–H groups in total. The smallest absolute Gasteiger partial charge is 0.0213 e. The zero-order chi connectivity index (χ0) is 28.0. The van der Waals surface area contributed by atoms with E-state index in [-0.39, 0.29) is 88.6 Å². The van der Waals surface area contributed by atoms with Gasteiger partial charge in [0.15, 0.2) is 0 Å². The van der Waals surface area contributed by atoms with Crippen LogP contribution in [0.4, 0.5) is 0 Å². The van der Waals surface area contributed by atoms with E-state index >= 15 is 0 Å². The topological polar surface area (TPSA) is 47.6 Å². The molecule has 2 rings (SSSR count). The van der Waals surface area contributed by atoms with Crippen molar-refractivity contribution in [1.82, 2.24) is 0 Å². The molecule has 8 heteroatoms. The third-order valence-electron chi connectivity index (χ3n) is 5.70. The summed E-state index contributed by atoms with van der Waals surface area (Å²) < 4.78 is 0. The molecule has 0 aromatic heterocycles. The molecule has 0 fully saturated rings. The maximum Gasteiger partial charge on any atom is 0.0213 e. The molecule has 0 amide bonds. The second-order valence-corrected chi connectivity index (χ2v) is 11.7. The summed E-state index contributed by atoms with van der Waals surface area (Å²) in [5.74, 6) is 1.12. The van der Waals surface area contributed by atoms with Gasteiger partial charge in [0, 0.05) is 70.7 Å². The molecule has 0 saturated heterocycles. The van der Waals surface area contributed by atoms with Crippen molar-refractivity contribution in [3.05, 3.63) is 57.1 Å². The third kappa shape index (κ3) is 35.7. The predicted octanol–water partition coefficient (Wildman–Crippen LogP) is 4.16. The van der Waals surface area contributed by atoms with Gasteiger partial charge in [-0.15, -0.1) is 25.9 Å². The summed E-state index contributed by atoms with van der Waals surface area (Å²) >= 11 is 0. The van der Waals surface area contributed by atoms with Crippen molar-refractivity contribution >= 4 is 19.0 Å². The maximum absolute atomic E-state index is 6.83. The fourth-order valence-corrected chi connectivity index (χ4v) is 2.32. The fraction of sp³-hybridized carbons (Fsp3) is 0.733. The van der Waals surface area contributed by atoms with Gasteiger partial charge in [-0.3, -0.25) is 12.2 Å². The molecule has 4 atom stereocenters. The molecule has 2 aliphatic rings. The van der Waals surface area contributed by atoms with E-state index in [2.05, 4.69) is 93.7 Å². The Hall–Kier alpha value is 1.63. The first-order valence-electron chi connectivity index (χ1n) is 13.1. The largest absolute Gasteiger partial charge is 1.00 e. The monoisotopic (exact) mass is 934 g/mol. The first kappa shape index (κ1) is 59.1. The average Bonchev–Trinajstić information content (AvgIpc) is 3.13. The zero-order valence-electron chi connectivity index (χ0n) is 27.6. The van der Waals surface area contributed by atoms with Crippen LogP contribution in [0.3, 0.4) is 0 Å². The number of halogens is 2. The minimum atomic E-state index is 0. The molecular weight excluding hydrogens is 872 g/mol. The van der Waals surface area contributed by atoms with Gasteiger partial charge in [-0.25, -0.2) is 11.1 Å². The van der Waals surface area contributed by atoms with Crippen LogP contribution in [-0.4, -0.2) is 31.1 Å². The van der Waals surface area contributed by atoms with Crippen LogP contribution in [0.2, 0.25) is 26.2 Å². The summed E-state index contributed by atoms with van der Waals surface area (Å²) in [6, 6.07) is 0.269. The Morgan fingerprint density at radius 1 is 0.632 bits per heavy atom. The van der Waals surface area contributed by atoms with Crippen molar-refractivity contribution in [1.29, 1.82) is 0 Å². The molecule has 0 heterocycles. The van der Waals surface area contributed by atoms with Crippen molar-refractivity contribution in [2.45, 2.75) is 134 Å². The second-order valence-electron chi connectivity index (χ2n) is 9.37. The molecule has 2 aliphatic carbocycles. The molecule has 0 saturated carbocycles. The standard InChI is InChI=1S/2C9H13.2C4H10N.2C2H7Si.2ClH.2Hf/c2*1-6-5-7(2)9(4)8(6)3;2*1-3-4(2)5;2*1-3-2;;;;/h2*6H,1-4H3;2*4-5H,3H2,1-2H3;2*3H,1-2H3;2*1H;;/q4*-1;;;;;;/p-2. The van der Waals surface area contributed by atoms with Crippen LogP contribution in [0, 0.1) is 24.0 Å². The molecule has 0 aromatic rings. The van der Waals surface area contributed by atoms with Crippen LogP contribution in [0.1, 0.15) is 95.9 Å². The van der Waals surface area contributed by atoms with E-state index in [1.807, 2.05) is 27.7 Å². The van der Waals surface area contributed by atoms with E-state index in [4.69, 9.17) is 11.5 Å². The quantitative estimate of drug-likeness (QED) is 0.296. The minimum absolute atomic E-state index is 0. The molecule has 0 spiro atoms. The Morgan fingerprint density at radius 2 is 0.789 bits per heavy atom. The first-order valence-corrected chi connectivity index (χ1v) is 17.7. The molecule has 38 heavy (non-hydrogen) atoms. The van der Waals surface area contributed by atoms with Gasteiger partial charge in [0.2, 0.25) is 0 Å². The van der Waals surface area contributed by atoms with Gasteiger partial charge in [0.1, 0.15) is 0 Å². The van der Waals surface area contributed by atoms with E-state index in [0.29, 0.717) is 11.8 Å². The first-order chi connectivity index (χ1) is 15.6. The van der Waals surface area contributed by atoms with Gasteiger partial charge < -0.3 is 36.3 Å². The van der Waals surface area contributed by atoms with Gasteiger partial charge in [0.25, 0.3) is 0 Å². The van der Waals surface area contributed by atoms with Crippen molar-refractivity contribution in [2.24, 2.45) is 11.8 Å². The van der Waals surface area contributed by atoms with Crippen LogP contribution in [0.15, 0.2) is 33.4 Å². The molecule has 226 valence electrons. The van der Waals surface area contributed by atoms with Crippen LogP contribution in [0.25, 0.3) is 11.5 Å². The van der Waals surface area contributed by atoms with Gasteiger partial charge >= 0.3 is 0 Å². The third-order valence-corrected chi connectivity index (χ3v) is 5.70. The maximum atomic E-state index is 6.83. The molecular formula is C30H60Cl2Hf2N2Si2-6. The van der Waals surface area contributed by atoms with Crippen molar-refractivity contribution in [3.63, 3.8) is 0 Å². The number of allylic oxidation sites excluding steroid dienone is 8. The van der Waals surface area contributed by atoms with E-state index in [1.165, 1.54) is 33.4 Å². The van der Waals surface area contributed by atoms with Gasteiger partial charge in [-0.2, -0.15) is 22.3 Å². The van der Waals surface area contributed by atoms with Gasteiger partial charge in [-0.05, 0) is 0 Å². The summed E-state index contributed by atoms with van der Waals surface area (Å²) in [7, 11) is 1.50. The predicted molar refractivity (Wildman–Crippen MR) is 166 cm³/mol. The Morgan fingerprint density at radius 3 is 0.816 bits per heavy atom. The molecule has 2 radical (unpaired) electrons. The van der Waals surface area contributed by atoms with Crippen molar-refractivity contribution in [3.8, 4) is 0 Å². The van der Waals surface area contributed by atoms with E-state index in [0.717, 1.165) is 31.9 Å². The Balaban J connectivity index is -0.0000000489. The molecule has 0 bridgehead atoms. The summed E-state index contributed by atoms with van der Waals surface area (Å²) in [6.45, 7) is 34.0. The molecule has 0 aliphatic heterocycles. The molecule has 4 unspecified atom stereocenters. The fourth-order valence-electron chi connectivity index (χ4n) is 2.32. The molecule has 0 aromatic carbocycles. The van der Waals surface area contributed by atoms with Crippen molar-refractivity contribution < 1.29 is 76.5 Å². The Labute approximate surface area is 296 Å². The van der Waals surface area contributed by atoms with Gasteiger partial charge in [0.05, 0.1) is 0 Å². The number of hydrogen-bond acceptors (Lipinski definition) is 0. The summed E-state index contributed by atoms with van der Waals surface area (Å²) in [5.41, 5.74) is 22.1. The minimum Gasteiger partial charge on any atom is -1.00 e. The summed E-state index contributed by atoms with van der Waals surface area (Å²) in [5, 5.41) is 0. The number of hydrogen-bond donors (Lipinski definition) is 0. The number of rotatable bonds is 2. The Kier molecular flexibility index (Phi) is 60.1. The van der Waals surface area contributed by atoms with Crippen LogP contribution in [0.5, 0.6) is 0 Å². The van der Waals surface area contributed by atoms with Crippen molar-refractivity contribution in [2.75, 3.05) is 0 Å². The second kappa shape index (κ2) is 38.6.